The Kier molecular flexibility index (Phi) is 6.26. The van der Waals surface area contributed by atoms with E-state index in [2.05, 4.69) is 9.71 Å². The highest BCUT2D eigenvalue weighted by molar-refractivity contribution is 7.88. The Morgan fingerprint density at radius 3 is 2.50 bits per heavy atom. The number of hydrogen-bond acceptors (Lipinski definition) is 3. The third-order valence-corrected chi connectivity index (χ3v) is 4.80. The van der Waals surface area contributed by atoms with Crippen molar-refractivity contribution in [1.82, 2.24) is 14.3 Å². The van der Waals surface area contributed by atoms with Gasteiger partial charge in [-0.15, -0.1) is 0 Å². The molecule has 0 spiro atoms. The minimum absolute atomic E-state index is 0.130. The summed E-state index contributed by atoms with van der Waals surface area (Å²) in [5, 5.41) is 0.857. The quantitative estimate of drug-likeness (QED) is 0.734. The first kappa shape index (κ1) is 17.3. The second kappa shape index (κ2) is 7.97. The topological polar surface area (TPSA) is 64.0 Å². The van der Waals surface area contributed by atoms with E-state index in [9.17, 15) is 8.42 Å². The monoisotopic (exact) mass is 361 g/mol. The lowest BCUT2D eigenvalue weighted by Crippen LogP contribution is -2.26. The smallest absolute Gasteiger partial charge is 0.215 e. The van der Waals surface area contributed by atoms with E-state index in [0.29, 0.717) is 22.2 Å². The van der Waals surface area contributed by atoms with Crippen molar-refractivity contribution < 1.29 is 8.42 Å². The summed E-state index contributed by atoms with van der Waals surface area (Å²) in [4.78, 5) is 3.95. The summed E-state index contributed by atoms with van der Waals surface area (Å²) >= 11 is 11.7. The minimum atomic E-state index is -3.39. The maximum Gasteiger partial charge on any atom is 0.215 e. The van der Waals surface area contributed by atoms with Crippen LogP contribution in [0.5, 0.6) is 0 Å². The van der Waals surface area contributed by atoms with E-state index < -0.39 is 10.0 Å². The third-order valence-electron chi connectivity index (χ3n) is 3.00. The van der Waals surface area contributed by atoms with Gasteiger partial charge >= 0.3 is 0 Å². The van der Waals surface area contributed by atoms with E-state index in [0.717, 1.165) is 19.4 Å². The highest BCUT2D eigenvalue weighted by atomic mass is 35.5. The predicted molar refractivity (Wildman–Crippen MR) is 88.5 cm³/mol. The molecule has 0 aliphatic rings. The van der Waals surface area contributed by atoms with Gasteiger partial charge in [0.15, 0.2) is 0 Å². The number of benzene rings is 1. The number of aromatic nitrogens is 2. The van der Waals surface area contributed by atoms with Crippen molar-refractivity contribution in [3.05, 3.63) is 52.5 Å². The molecule has 0 radical (unpaired) electrons. The molecule has 0 aliphatic carbocycles. The standard InChI is InChI=1S/C14H17Cl2N3O2S/c15-13-7-12(8-14(16)9-13)10-22(20,21)18-3-1-2-5-19-6-4-17-11-19/h4,6-9,11,18H,1-3,5,10H2. The molecular formula is C14H17Cl2N3O2S. The molecule has 1 heterocycles. The van der Waals surface area contributed by atoms with Crippen molar-refractivity contribution in [1.29, 1.82) is 0 Å². The van der Waals surface area contributed by atoms with Crippen LogP contribution >= 0.6 is 23.2 Å². The highest BCUT2D eigenvalue weighted by Gasteiger charge is 2.11. The molecule has 2 aromatic rings. The van der Waals surface area contributed by atoms with Gasteiger partial charge in [-0.05, 0) is 36.6 Å². The Bertz CT molecular complexity index is 683. The van der Waals surface area contributed by atoms with Crippen molar-refractivity contribution in [2.24, 2.45) is 0 Å². The average Bonchev–Trinajstić information content (AvgIpc) is 2.89. The van der Waals surface area contributed by atoms with Gasteiger partial charge in [0.1, 0.15) is 0 Å². The largest absolute Gasteiger partial charge is 0.337 e. The summed E-state index contributed by atoms with van der Waals surface area (Å²) < 4.78 is 28.6. The Balaban J connectivity index is 1.76. The van der Waals surface area contributed by atoms with E-state index in [1.807, 2.05) is 10.8 Å². The number of aryl methyl sites for hydroxylation is 1. The van der Waals surface area contributed by atoms with Gasteiger partial charge in [-0.3, -0.25) is 0 Å². The van der Waals surface area contributed by atoms with Gasteiger partial charge in [0.05, 0.1) is 12.1 Å². The first-order valence-corrected chi connectivity index (χ1v) is 9.23. The lowest BCUT2D eigenvalue weighted by Gasteiger charge is -2.08. The average molecular weight is 362 g/mol. The molecule has 1 aromatic heterocycles. The van der Waals surface area contributed by atoms with E-state index in [1.54, 1.807) is 30.7 Å². The molecule has 1 N–H and O–H groups in total. The number of rotatable bonds is 8. The van der Waals surface area contributed by atoms with Crippen molar-refractivity contribution in [3.63, 3.8) is 0 Å². The van der Waals surface area contributed by atoms with Crippen LogP contribution in [0.4, 0.5) is 0 Å². The summed E-state index contributed by atoms with van der Waals surface area (Å²) in [7, 11) is -3.39. The van der Waals surface area contributed by atoms with Crippen LogP contribution < -0.4 is 4.72 Å². The van der Waals surface area contributed by atoms with Gasteiger partial charge in [0.25, 0.3) is 0 Å². The number of imidazole rings is 1. The first-order valence-electron chi connectivity index (χ1n) is 6.83. The Morgan fingerprint density at radius 1 is 1.14 bits per heavy atom. The molecule has 0 bridgehead atoms. The SMILES string of the molecule is O=S(=O)(Cc1cc(Cl)cc(Cl)c1)NCCCCn1ccnc1. The number of hydrogen-bond donors (Lipinski definition) is 1. The fourth-order valence-electron chi connectivity index (χ4n) is 2.03. The lowest BCUT2D eigenvalue weighted by atomic mass is 10.2. The van der Waals surface area contributed by atoms with Crippen molar-refractivity contribution in [2.75, 3.05) is 6.54 Å². The van der Waals surface area contributed by atoms with Crippen molar-refractivity contribution in [3.8, 4) is 0 Å². The Morgan fingerprint density at radius 2 is 1.86 bits per heavy atom. The maximum absolute atomic E-state index is 12.0. The molecule has 0 saturated heterocycles. The fourth-order valence-corrected chi connectivity index (χ4v) is 3.76. The van der Waals surface area contributed by atoms with Crippen LogP contribution in [0.2, 0.25) is 10.0 Å². The molecule has 1 aromatic carbocycles. The van der Waals surface area contributed by atoms with Gasteiger partial charge in [0, 0.05) is 35.5 Å². The summed E-state index contributed by atoms with van der Waals surface area (Å²) in [5.74, 6) is -0.130. The van der Waals surface area contributed by atoms with Crippen LogP contribution in [0.3, 0.4) is 0 Å². The predicted octanol–water partition coefficient (Wildman–Crippen LogP) is 3.09. The molecule has 8 heteroatoms. The van der Waals surface area contributed by atoms with Gasteiger partial charge in [-0.25, -0.2) is 18.1 Å². The van der Waals surface area contributed by atoms with Gasteiger partial charge in [-0.1, -0.05) is 23.2 Å². The molecular weight excluding hydrogens is 345 g/mol. The Labute approximate surface area is 140 Å². The summed E-state index contributed by atoms with van der Waals surface area (Å²) in [6, 6.07) is 4.78. The third kappa shape index (κ3) is 5.96. The molecule has 2 rings (SSSR count). The zero-order valence-electron chi connectivity index (χ0n) is 11.9. The maximum atomic E-state index is 12.0. The van der Waals surface area contributed by atoms with Crippen molar-refractivity contribution in [2.45, 2.75) is 25.1 Å². The number of unbranched alkanes of at least 4 members (excludes halogenated alkanes) is 1. The molecule has 0 aliphatic heterocycles. The summed E-state index contributed by atoms with van der Waals surface area (Å²) in [6.07, 6.45) is 6.98. The molecule has 0 atom stereocenters. The van der Waals surface area contributed by atoms with Crippen LogP contribution in [0.25, 0.3) is 0 Å². The number of nitrogens with one attached hydrogen (secondary N) is 1. The molecule has 0 unspecified atom stereocenters. The molecule has 22 heavy (non-hydrogen) atoms. The van der Waals surface area contributed by atoms with Crippen molar-refractivity contribution >= 4 is 33.2 Å². The van der Waals surface area contributed by atoms with Gasteiger partial charge in [-0.2, -0.15) is 0 Å². The van der Waals surface area contributed by atoms with Gasteiger partial charge in [0.2, 0.25) is 10.0 Å². The molecule has 120 valence electrons. The summed E-state index contributed by atoms with van der Waals surface area (Å²) in [5.41, 5.74) is 0.573. The number of sulfonamides is 1. The molecule has 0 amide bonds. The molecule has 0 saturated carbocycles. The van der Waals surface area contributed by atoms with E-state index in [1.165, 1.54) is 0 Å². The first-order chi connectivity index (χ1) is 10.4. The van der Waals surface area contributed by atoms with Gasteiger partial charge < -0.3 is 4.57 Å². The normalized spacial score (nSPS) is 11.7. The number of halogens is 2. The molecule has 0 fully saturated rings. The lowest BCUT2D eigenvalue weighted by molar-refractivity contribution is 0.565. The molecule has 5 nitrogen and oxygen atoms in total. The van der Waals surface area contributed by atoms with E-state index >= 15 is 0 Å². The zero-order chi connectivity index (χ0) is 16.0. The second-order valence-corrected chi connectivity index (χ2v) is 7.62. The second-order valence-electron chi connectivity index (χ2n) is 4.94. The van der Waals surface area contributed by atoms with Crippen LogP contribution in [0, 0.1) is 0 Å². The number of nitrogens with zero attached hydrogens (tertiary/aromatic N) is 2. The van der Waals surface area contributed by atoms with Crippen LogP contribution in [0.15, 0.2) is 36.9 Å². The highest BCUT2D eigenvalue weighted by Crippen LogP contribution is 2.20. The Hall–Kier alpha value is -1.08. The van der Waals surface area contributed by atoms with Crippen LogP contribution in [-0.2, 0) is 22.3 Å². The van der Waals surface area contributed by atoms with E-state index in [-0.39, 0.29) is 5.75 Å². The van der Waals surface area contributed by atoms with Crippen LogP contribution in [0.1, 0.15) is 18.4 Å². The minimum Gasteiger partial charge on any atom is -0.337 e. The van der Waals surface area contributed by atoms with Crippen LogP contribution in [-0.4, -0.2) is 24.5 Å². The zero-order valence-corrected chi connectivity index (χ0v) is 14.2. The van der Waals surface area contributed by atoms with E-state index in [4.69, 9.17) is 23.2 Å². The summed E-state index contributed by atoms with van der Waals surface area (Å²) in [6.45, 7) is 1.23. The fraction of sp³-hybridized carbons (Fsp3) is 0.357.